The molecule has 5 nitrogen and oxygen atoms in total. The van der Waals surface area contributed by atoms with Gasteiger partial charge in [0, 0.05) is 19.2 Å². The van der Waals surface area contributed by atoms with Crippen LogP contribution < -0.4 is 10.5 Å². The zero-order chi connectivity index (χ0) is 16.8. The predicted molar refractivity (Wildman–Crippen MR) is 89.7 cm³/mol. The summed E-state index contributed by atoms with van der Waals surface area (Å²) in [5.41, 5.74) is 6.24. The summed E-state index contributed by atoms with van der Waals surface area (Å²) in [4.78, 5) is 25.2. The third-order valence-corrected chi connectivity index (χ3v) is 3.78. The molecule has 0 radical (unpaired) electrons. The third-order valence-electron chi connectivity index (χ3n) is 3.78. The van der Waals surface area contributed by atoms with Crippen molar-refractivity contribution in [3.8, 4) is 5.75 Å². The minimum Gasteiger partial charge on any atom is -0.491 e. The summed E-state index contributed by atoms with van der Waals surface area (Å²) in [5, 5.41) is 0. The van der Waals surface area contributed by atoms with Gasteiger partial charge in [-0.2, -0.15) is 0 Å². The number of amides is 2. The summed E-state index contributed by atoms with van der Waals surface area (Å²) in [7, 11) is 0. The maximum Gasteiger partial charge on any atom is 0.246 e. The molecule has 1 saturated heterocycles. The summed E-state index contributed by atoms with van der Waals surface area (Å²) < 4.78 is 5.64. The molecule has 124 valence electrons. The van der Waals surface area contributed by atoms with E-state index in [0.717, 1.165) is 24.2 Å². The molecule has 1 aromatic rings. The van der Waals surface area contributed by atoms with Crippen molar-refractivity contribution in [1.82, 2.24) is 4.90 Å². The van der Waals surface area contributed by atoms with Crippen molar-refractivity contribution in [1.29, 1.82) is 0 Å². The number of hydrogen-bond acceptors (Lipinski definition) is 3. The summed E-state index contributed by atoms with van der Waals surface area (Å²) >= 11 is 0. The van der Waals surface area contributed by atoms with Gasteiger partial charge in [-0.15, -0.1) is 0 Å². The van der Waals surface area contributed by atoms with Gasteiger partial charge in [0.15, 0.2) is 0 Å². The second-order valence-electron chi connectivity index (χ2n) is 6.10. The van der Waals surface area contributed by atoms with Crippen molar-refractivity contribution < 1.29 is 14.3 Å². The SMILES string of the molecule is CC(C)Oc1cccc(C=CC(=O)N2CCCC(C(N)=O)C2)c1. The van der Waals surface area contributed by atoms with Crippen LogP contribution in [-0.4, -0.2) is 35.9 Å². The Balaban J connectivity index is 1.99. The van der Waals surface area contributed by atoms with Crippen molar-refractivity contribution in [2.45, 2.75) is 32.8 Å². The van der Waals surface area contributed by atoms with Gasteiger partial charge in [-0.25, -0.2) is 0 Å². The molecule has 1 aliphatic heterocycles. The zero-order valence-corrected chi connectivity index (χ0v) is 13.7. The van der Waals surface area contributed by atoms with Gasteiger partial charge < -0.3 is 15.4 Å². The highest BCUT2D eigenvalue weighted by Crippen LogP contribution is 2.18. The molecule has 1 atom stereocenters. The van der Waals surface area contributed by atoms with E-state index in [-0.39, 0.29) is 23.8 Å². The number of primary amides is 1. The normalized spacial score (nSPS) is 18.4. The minimum absolute atomic E-state index is 0.0915. The van der Waals surface area contributed by atoms with Gasteiger partial charge in [0.2, 0.25) is 11.8 Å². The molecule has 1 aliphatic rings. The Hall–Kier alpha value is -2.30. The van der Waals surface area contributed by atoms with Crippen LogP contribution in [0.4, 0.5) is 0 Å². The number of likely N-dealkylation sites (tertiary alicyclic amines) is 1. The molecule has 0 spiro atoms. The number of benzene rings is 1. The van der Waals surface area contributed by atoms with Crippen molar-refractivity contribution in [3.63, 3.8) is 0 Å². The Kier molecular flexibility index (Phi) is 5.79. The first-order valence-electron chi connectivity index (χ1n) is 7.98. The van der Waals surface area contributed by atoms with Crippen LogP contribution >= 0.6 is 0 Å². The molecule has 2 amide bonds. The van der Waals surface area contributed by atoms with E-state index in [1.165, 1.54) is 6.08 Å². The van der Waals surface area contributed by atoms with E-state index in [1.54, 1.807) is 11.0 Å². The van der Waals surface area contributed by atoms with E-state index in [0.29, 0.717) is 13.1 Å². The summed E-state index contributed by atoms with van der Waals surface area (Å²) in [6.07, 6.45) is 4.98. The molecule has 1 heterocycles. The third kappa shape index (κ3) is 5.13. The standard InChI is InChI=1S/C18H24N2O3/c1-13(2)23-16-7-3-5-14(11-16)8-9-17(21)20-10-4-6-15(12-20)18(19)22/h3,5,7-9,11,13,15H,4,6,10,12H2,1-2H3,(H2,19,22). The first-order chi connectivity index (χ1) is 11.0. The monoisotopic (exact) mass is 316 g/mol. The second-order valence-corrected chi connectivity index (χ2v) is 6.10. The molecule has 1 unspecified atom stereocenters. The van der Waals surface area contributed by atoms with E-state index in [2.05, 4.69) is 0 Å². The number of carbonyl (C=O) groups excluding carboxylic acids is 2. The molecule has 2 N–H and O–H groups in total. The van der Waals surface area contributed by atoms with Crippen molar-refractivity contribution in [2.24, 2.45) is 11.7 Å². The van der Waals surface area contributed by atoms with Crippen LogP contribution in [-0.2, 0) is 9.59 Å². The topological polar surface area (TPSA) is 72.6 Å². The average molecular weight is 316 g/mol. The van der Waals surface area contributed by atoms with Crippen LogP contribution in [0.25, 0.3) is 6.08 Å². The highest BCUT2D eigenvalue weighted by molar-refractivity contribution is 5.92. The van der Waals surface area contributed by atoms with Crippen molar-refractivity contribution >= 4 is 17.9 Å². The van der Waals surface area contributed by atoms with Crippen LogP contribution in [0.1, 0.15) is 32.3 Å². The smallest absolute Gasteiger partial charge is 0.246 e. The second kappa shape index (κ2) is 7.81. The molecular weight excluding hydrogens is 292 g/mol. The molecule has 0 aliphatic carbocycles. The van der Waals surface area contributed by atoms with Gasteiger partial charge in [-0.05, 0) is 50.5 Å². The number of hydrogen-bond donors (Lipinski definition) is 1. The molecule has 2 rings (SSSR count). The molecule has 0 saturated carbocycles. The molecular formula is C18H24N2O3. The minimum atomic E-state index is -0.329. The van der Waals surface area contributed by atoms with Gasteiger partial charge in [0.25, 0.3) is 0 Å². The fourth-order valence-electron chi connectivity index (χ4n) is 2.65. The first-order valence-corrected chi connectivity index (χ1v) is 7.98. The van der Waals surface area contributed by atoms with Gasteiger partial charge in [-0.1, -0.05) is 12.1 Å². The lowest BCUT2D eigenvalue weighted by Gasteiger charge is -2.30. The zero-order valence-electron chi connectivity index (χ0n) is 13.7. The first kappa shape index (κ1) is 17.1. The molecule has 1 fully saturated rings. The lowest BCUT2D eigenvalue weighted by atomic mass is 9.97. The average Bonchev–Trinajstić information content (AvgIpc) is 2.52. The Bertz CT molecular complexity index is 596. The van der Waals surface area contributed by atoms with Gasteiger partial charge in [0.05, 0.1) is 12.0 Å². The van der Waals surface area contributed by atoms with Crippen LogP contribution in [0, 0.1) is 5.92 Å². The molecule has 0 bridgehead atoms. The lowest BCUT2D eigenvalue weighted by molar-refractivity contribution is -0.130. The lowest BCUT2D eigenvalue weighted by Crippen LogP contribution is -2.43. The van der Waals surface area contributed by atoms with Crippen molar-refractivity contribution in [3.05, 3.63) is 35.9 Å². The maximum atomic E-state index is 12.3. The van der Waals surface area contributed by atoms with Gasteiger partial charge in [0.1, 0.15) is 5.75 Å². The van der Waals surface area contributed by atoms with E-state index in [4.69, 9.17) is 10.5 Å². The van der Waals surface area contributed by atoms with Crippen LogP contribution in [0.3, 0.4) is 0 Å². The maximum absolute atomic E-state index is 12.3. The fourth-order valence-corrected chi connectivity index (χ4v) is 2.65. The molecule has 23 heavy (non-hydrogen) atoms. The van der Waals surface area contributed by atoms with Gasteiger partial charge >= 0.3 is 0 Å². The van der Waals surface area contributed by atoms with E-state index < -0.39 is 0 Å². The predicted octanol–water partition coefficient (Wildman–Crippen LogP) is 2.21. The molecule has 0 aromatic heterocycles. The Labute approximate surface area is 137 Å². The Morgan fingerprint density at radius 1 is 1.39 bits per heavy atom. The Morgan fingerprint density at radius 3 is 2.87 bits per heavy atom. The summed E-state index contributed by atoms with van der Waals surface area (Å²) in [6, 6.07) is 7.60. The molecule has 1 aromatic carbocycles. The number of nitrogens with two attached hydrogens (primary N) is 1. The van der Waals surface area contributed by atoms with E-state index in [1.807, 2.05) is 38.1 Å². The molecule has 5 heteroatoms. The van der Waals surface area contributed by atoms with Crippen LogP contribution in [0.2, 0.25) is 0 Å². The highest BCUT2D eigenvalue weighted by Gasteiger charge is 2.25. The number of ether oxygens (including phenoxy) is 1. The number of piperidine rings is 1. The number of nitrogens with zero attached hydrogens (tertiary/aromatic N) is 1. The largest absolute Gasteiger partial charge is 0.491 e. The fraction of sp³-hybridized carbons (Fsp3) is 0.444. The van der Waals surface area contributed by atoms with Gasteiger partial charge in [-0.3, -0.25) is 9.59 Å². The number of rotatable bonds is 5. The highest BCUT2D eigenvalue weighted by atomic mass is 16.5. The summed E-state index contributed by atoms with van der Waals surface area (Å²) in [6.45, 7) is 5.02. The van der Waals surface area contributed by atoms with E-state index >= 15 is 0 Å². The number of carbonyl (C=O) groups is 2. The van der Waals surface area contributed by atoms with Crippen molar-refractivity contribution in [2.75, 3.05) is 13.1 Å². The summed E-state index contributed by atoms with van der Waals surface area (Å²) in [5.74, 6) is 0.126. The van der Waals surface area contributed by atoms with E-state index in [9.17, 15) is 9.59 Å². The van der Waals surface area contributed by atoms with Crippen LogP contribution in [0.15, 0.2) is 30.3 Å². The Morgan fingerprint density at radius 2 is 2.17 bits per heavy atom. The quantitative estimate of drug-likeness (QED) is 0.847. The van der Waals surface area contributed by atoms with Crippen LogP contribution in [0.5, 0.6) is 5.75 Å².